The summed E-state index contributed by atoms with van der Waals surface area (Å²) in [7, 11) is 0. The van der Waals surface area contributed by atoms with Crippen molar-refractivity contribution in [2.45, 2.75) is 32.5 Å². The predicted molar refractivity (Wildman–Crippen MR) is 86.0 cm³/mol. The number of carbonyl (C=O) groups is 2. The van der Waals surface area contributed by atoms with Crippen LogP contribution in [0.3, 0.4) is 0 Å². The number of benzene rings is 1. The minimum absolute atomic E-state index is 0.0195. The number of alkyl carbamates (subject to hydrolysis) is 1. The second kappa shape index (κ2) is 7.67. The molecule has 0 saturated heterocycles. The molecule has 1 aromatic rings. The molecule has 6 nitrogen and oxygen atoms in total. The van der Waals surface area contributed by atoms with Crippen molar-refractivity contribution in [2.75, 3.05) is 6.54 Å². The Labute approximate surface area is 135 Å². The molecule has 0 radical (unpaired) electrons. The highest BCUT2D eigenvalue weighted by Crippen LogP contribution is 2.16. The number of hydrogen-bond acceptors (Lipinski definition) is 3. The smallest absolute Gasteiger partial charge is 0.407 e. The van der Waals surface area contributed by atoms with Gasteiger partial charge in [-0.25, -0.2) is 9.59 Å². The fourth-order valence-corrected chi connectivity index (χ4v) is 2.46. The van der Waals surface area contributed by atoms with E-state index < -0.39 is 12.2 Å². The van der Waals surface area contributed by atoms with Gasteiger partial charge in [0.15, 0.2) is 0 Å². The van der Waals surface area contributed by atoms with Crippen LogP contribution in [0.5, 0.6) is 0 Å². The third-order valence-electron chi connectivity index (χ3n) is 3.97. The molecule has 124 valence electrons. The van der Waals surface area contributed by atoms with Gasteiger partial charge in [0.05, 0.1) is 12.1 Å². The summed E-state index contributed by atoms with van der Waals surface area (Å²) in [6, 6.07) is 8.85. The van der Waals surface area contributed by atoms with E-state index in [1.807, 2.05) is 56.3 Å². The summed E-state index contributed by atoms with van der Waals surface area (Å²) in [6.45, 7) is 4.16. The predicted octanol–water partition coefficient (Wildman–Crippen LogP) is 2.86. The van der Waals surface area contributed by atoms with E-state index in [0.29, 0.717) is 0 Å². The van der Waals surface area contributed by atoms with Crippen molar-refractivity contribution < 1.29 is 19.4 Å². The van der Waals surface area contributed by atoms with Crippen molar-refractivity contribution in [3.05, 3.63) is 48.0 Å². The molecular weight excluding hydrogens is 296 g/mol. The highest BCUT2D eigenvalue weighted by molar-refractivity contribution is 5.69. The summed E-state index contributed by atoms with van der Waals surface area (Å²) in [5.41, 5.74) is 0.900. The van der Waals surface area contributed by atoms with Gasteiger partial charge in [-0.15, -0.1) is 0 Å². The van der Waals surface area contributed by atoms with Crippen LogP contribution in [0.2, 0.25) is 0 Å². The quantitative estimate of drug-likeness (QED) is 0.840. The molecule has 2 amide bonds. The van der Waals surface area contributed by atoms with Crippen LogP contribution in [0.4, 0.5) is 9.59 Å². The zero-order chi connectivity index (χ0) is 16.8. The molecule has 1 heterocycles. The number of carbonyl (C=O) groups excluding carboxylic acids is 1. The molecule has 0 bridgehead atoms. The second-order valence-electron chi connectivity index (χ2n) is 5.73. The van der Waals surface area contributed by atoms with Gasteiger partial charge in [-0.2, -0.15) is 0 Å². The van der Waals surface area contributed by atoms with Crippen molar-refractivity contribution in [1.82, 2.24) is 10.2 Å². The average Bonchev–Trinajstić information content (AvgIpc) is 2.67. The standard InChI is InChI=1S/C17H22N2O4/c1-12-8-9-13(2)19(17(21)22)10-15(12)18-16(20)23-11-14-6-4-3-5-7-14/h3-9,12-13,15H,10-11H2,1-2H3,(H,18,20)(H,21,22)/t12-,13+,15-/m1/s1. The lowest BCUT2D eigenvalue weighted by Gasteiger charge is -2.28. The van der Waals surface area contributed by atoms with Gasteiger partial charge >= 0.3 is 12.2 Å². The van der Waals surface area contributed by atoms with Gasteiger partial charge in [0.1, 0.15) is 6.61 Å². The molecular formula is C17H22N2O4. The van der Waals surface area contributed by atoms with E-state index >= 15 is 0 Å². The molecule has 3 atom stereocenters. The Morgan fingerprint density at radius 3 is 2.61 bits per heavy atom. The van der Waals surface area contributed by atoms with Crippen LogP contribution < -0.4 is 5.32 Å². The van der Waals surface area contributed by atoms with Crippen molar-refractivity contribution in [3.8, 4) is 0 Å². The third-order valence-corrected chi connectivity index (χ3v) is 3.97. The van der Waals surface area contributed by atoms with Crippen molar-refractivity contribution >= 4 is 12.2 Å². The molecule has 2 rings (SSSR count). The van der Waals surface area contributed by atoms with E-state index in [2.05, 4.69) is 5.32 Å². The van der Waals surface area contributed by atoms with Gasteiger partial charge < -0.3 is 20.1 Å². The first-order valence-corrected chi connectivity index (χ1v) is 7.62. The fourth-order valence-electron chi connectivity index (χ4n) is 2.46. The molecule has 1 aliphatic rings. The van der Waals surface area contributed by atoms with E-state index in [9.17, 15) is 14.7 Å². The fraction of sp³-hybridized carbons (Fsp3) is 0.412. The molecule has 1 aliphatic heterocycles. The van der Waals surface area contributed by atoms with Crippen LogP contribution in [0.25, 0.3) is 0 Å². The summed E-state index contributed by atoms with van der Waals surface area (Å²) in [6.07, 6.45) is 2.23. The number of ether oxygens (including phenoxy) is 1. The minimum atomic E-state index is -0.999. The molecule has 0 unspecified atom stereocenters. The Hall–Kier alpha value is -2.50. The van der Waals surface area contributed by atoms with Gasteiger partial charge in [-0.05, 0) is 18.4 Å². The van der Waals surface area contributed by atoms with Crippen LogP contribution >= 0.6 is 0 Å². The highest BCUT2D eigenvalue weighted by Gasteiger charge is 2.29. The largest absolute Gasteiger partial charge is 0.465 e. The van der Waals surface area contributed by atoms with Crippen LogP contribution in [-0.4, -0.2) is 40.8 Å². The topological polar surface area (TPSA) is 78.9 Å². The zero-order valence-electron chi connectivity index (χ0n) is 13.3. The number of amides is 2. The van der Waals surface area contributed by atoms with E-state index in [1.165, 1.54) is 4.90 Å². The normalized spacial score (nSPS) is 23.9. The Morgan fingerprint density at radius 2 is 1.96 bits per heavy atom. The average molecular weight is 318 g/mol. The number of nitrogens with one attached hydrogen (secondary N) is 1. The van der Waals surface area contributed by atoms with E-state index in [1.54, 1.807) is 0 Å². The first kappa shape index (κ1) is 16.9. The van der Waals surface area contributed by atoms with Crippen LogP contribution in [0.1, 0.15) is 19.4 Å². The van der Waals surface area contributed by atoms with Gasteiger partial charge in [-0.3, -0.25) is 0 Å². The highest BCUT2D eigenvalue weighted by atomic mass is 16.5. The number of carboxylic acid groups (broad SMARTS) is 1. The maximum absolute atomic E-state index is 12.0. The number of hydrogen-bond donors (Lipinski definition) is 2. The summed E-state index contributed by atoms with van der Waals surface area (Å²) in [5, 5.41) is 12.0. The van der Waals surface area contributed by atoms with E-state index in [0.717, 1.165) is 5.56 Å². The molecule has 0 fully saturated rings. The zero-order valence-corrected chi connectivity index (χ0v) is 13.3. The summed E-state index contributed by atoms with van der Waals surface area (Å²) >= 11 is 0. The van der Waals surface area contributed by atoms with Gasteiger partial charge in [0.25, 0.3) is 0 Å². The molecule has 0 spiro atoms. The van der Waals surface area contributed by atoms with E-state index in [4.69, 9.17) is 4.74 Å². The summed E-state index contributed by atoms with van der Waals surface area (Å²) < 4.78 is 5.20. The van der Waals surface area contributed by atoms with Gasteiger partial charge in [0, 0.05) is 6.54 Å². The van der Waals surface area contributed by atoms with Crippen LogP contribution in [0, 0.1) is 5.92 Å². The van der Waals surface area contributed by atoms with Gasteiger partial charge in [0.2, 0.25) is 0 Å². The monoisotopic (exact) mass is 318 g/mol. The lowest BCUT2D eigenvalue weighted by molar-refractivity contribution is 0.116. The Morgan fingerprint density at radius 1 is 1.26 bits per heavy atom. The second-order valence-corrected chi connectivity index (χ2v) is 5.73. The molecule has 0 saturated carbocycles. The maximum atomic E-state index is 12.0. The van der Waals surface area contributed by atoms with Crippen molar-refractivity contribution in [2.24, 2.45) is 5.92 Å². The molecule has 23 heavy (non-hydrogen) atoms. The van der Waals surface area contributed by atoms with Crippen LogP contribution in [0.15, 0.2) is 42.5 Å². The van der Waals surface area contributed by atoms with Gasteiger partial charge in [-0.1, -0.05) is 49.4 Å². The maximum Gasteiger partial charge on any atom is 0.407 e. The minimum Gasteiger partial charge on any atom is -0.465 e. The van der Waals surface area contributed by atoms with Crippen molar-refractivity contribution in [3.63, 3.8) is 0 Å². The molecule has 1 aromatic carbocycles. The Bertz CT molecular complexity index is 573. The molecule has 0 aromatic heterocycles. The SMILES string of the molecule is C[C@@H]1C=C[C@H](C)N(C(=O)O)C[C@H]1NC(=O)OCc1ccccc1. The Kier molecular flexibility index (Phi) is 5.62. The molecule has 0 aliphatic carbocycles. The van der Waals surface area contributed by atoms with Crippen molar-refractivity contribution in [1.29, 1.82) is 0 Å². The number of nitrogens with zero attached hydrogens (tertiary/aromatic N) is 1. The first-order chi connectivity index (χ1) is 11.0. The lowest BCUT2D eigenvalue weighted by Crippen LogP contribution is -2.49. The molecule has 2 N–H and O–H groups in total. The Balaban J connectivity index is 1.93. The first-order valence-electron chi connectivity index (χ1n) is 7.62. The lowest BCUT2D eigenvalue weighted by atomic mass is 10.0. The number of rotatable bonds is 3. The summed E-state index contributed by atoms with van der Waals surface area (Å²) in [5.74, 6) is 0.0195. The molecule has 6 heteroatoms. The van der Waals surface area contributed by atoms with E-state index in [-0.39, 0.29) is 31.2 Å². The third kappa shape index (κ3) is 4.74. The van der Waals surface area contributed by atoms with Crippen LogP contribution in [-0.2, 0) is 11.3 Å². The summed E-state index contributed by atoms with van der Waals surface area (Å²) in [4.78, 5) is 24.6.